The molecule has 0 saturated heterocycles. The summed E-state index contributed by atoms with van der Waals surface area (Å²) < 4.78 is 1.78. The van der Waals surface area contributed by atoms with E-state index >= 15 is 0 Å². The topological polar surface area (TPSA) is 65.2 Å². The molecule has 0 unspecified atom stereocenters. The van der Waals surface area contributed by atoms with Crippen molar-refractivity contribution in [2.45, 2.75) is 46.1 Å². The Hall–Kier alpha value is -2.24. The minimum absolute atomic E-state index is 0.195. The summed E-state index contributed by atoms with van der Waals surface area (Å²) in [4.78, 5) is 14.7. The fraction of sp³-hybridized carbons (Fsp3) is 0.500. The lowest BCUT2D eigenvalue weighted by molar-refractivity contribution is 0.0773. The van der Waals surface area contributed by atoms with E-state index in [1.165, 1.54) is 0 Å². The van der Waals surface area contributed by atoms with Crippen molar-refractivity contribution in [1.29, 1.82) is 0 Å². The van der Waals surface area contributed by atoms with Gasteiger partial charge in [-0.2, -0.15) is 4.68 Å². The molecule has 0 saturated carbocycles. The van der Waals surface area contributed by atoms with Crippen molar-refractivity contribution in [2.24, 2.45) is 11.1 Å². The van der Waals surface area contributed by atoms with Crippen molar-refractivity contribution in [2.75, 3.05) is 0 Å². The smallest absolute Gasteiger partial charge is 0.192 e. The summed E-state index contributed by atoms with van der Waals surface area (Å²) in [6.07, 6.45) is 2.31. The molecular weight excluding hydrogens is 278 g/mol. The molecule has 6 nitrogen and oxygen atoms in total. The van der Waals surface area contributed by atoms with Gasteiger partial charge in [-0.3, -0.25) is 0 Å². The van der Waals surface area contributed by atoms with E-state index in [2.05, 4.69) is 47.9 Å². The summed E-state index contributed by atoms with van der Waals surface area (Å²) in [6.45, 7) is 8.39. The predicted molar refractivity (Wildman–Crippen MR) is 84.0 cm³/mol. The first-order valence-corrected chi connectivity index (χ1v) is 7.67. The second-order valence-electron chi connectivity index (χ2n) is 6.12. The average Bonchev–Trinajstić information content (AvgIpc) is 3.15. The van der Waals surface area contributed by atoms with E-state index in [9.17, 15) is 0 Å². The zero-order valence-corrected chi connectivity index (χ0v) is 13.4. The zero-order chi connectivity index (χ0) is 15.7. The lowest BCUT2D eigenvalue weighted by Gasteiger charge is -2.09. The summed E-state index contributed by atoms with van der Waals surface area (Å²) in [5.74, 6) is 2.93. The normalized spacial score (nSPS) is 17.9. The van der Waals surface area contributed by atoms with Crippen molar-refractivity contribution >= 4 is 5.71 Å². The van der Waals surface area contributed by atoms with Crippen molar-refractivity contribution < 1.29 is 4.84 Å². The van der Waals surface area contributed by atoms with Crippen LogP contribution in [0.2, 0.25) is 0 Å². The summed E-state index contributed by atoms with van der Waals surface area (Å²) in [6, 6.07) is 5.74. The Morgan fingerprint density at radius 3 is 2.59 bits per heavy atom. The zero-order valence-electron chi connectivity index (χ0n) is 13.4. The Morgan fingerprint density at radius 1 is 1.18 bits per heavy atom. The van der Waals surface area contributed by atoms with Gasteiger partial charge in [0, 0.05) is 18.5 Å². The fourth-order valence-electron chi connectivity index (χ4n) is 2.32. The van der Waals surface area contributed by atoms with Crippen LogP contribution in [-0.2, 0) is 4.84 Å². The van der Waals surface area contributed by atoms with Gasteiger partial charge in [-0.25, -0.2) is 9.97 Å². The first-order chi connectivity index (χ1) is 10.6. The van der Waals surface area contributed by atoms with Crippen LogP contribution >= 0.6 is 0 Å². The van der Waals surface area contributed by atoms with Crippen LogP contribution in [0, 0.1) is 5.92 Å². The molecule has 22 heavy (non-hydrogen) atoms. The third kappa shape index (κ3) is 2.73. The Balaban J connectivity index is 1.97. The largest absolute Gasteiger partial charge is 0.384 e. The van der Waals surface area contributed by atoms with E-state index in [4.69, 9.17) is 4.84 Å². The number of aromatic nitrogens is 4. The van der Waals surface area contributed by atoms with Gasteiger partial charge in [-0.05, 0) is 18.1 Å². The predicted octanol–water partition coefficient (Wildman–Crippen LogP) is 3.26. The standard InChI is InChI=1S/C16H21N5O/c1-10(2)12-9-13(22-20-12)16-18-15(11(3)4)19-21(16)14-7-5-6-8-17-14/h5-8,10-11,13H,9H2,1-4H3/t13-/m0/s1. The van der Waals surface area contributed by atoms with Crippen LogP contribution in [0.3, 0.4) is 0 Å². The van der Waals surface area contributed by atoms with E-state index in [-0.39, 0.29) is 12.0 Å². The van der Waals surface area contributed by atoms with Gasteiger partial charge in [-0.15, -0.1) is 5.10 Å². The van der Waals surface area contributed by atoms with E-state index in [1.807, 2.05) is 18.2 Å². The quantitative estimate of drug-likeness (QED) is 0.869. The number of hydrogen-bond acceptors (Lipinski definition) is 5. The monoisotopic (exact) mass is 299 g/mol. The summed E-state index contributed by atoms with van der Waals surface area (Å²) in [5, 5.41) is 8.80. The van der Waals surface area contributed by atoms with Gasteiger partial charge in [-0.1, -0.05) is 38.9 Å². The summed E-state index contributed by atoms with van der Waals surface area (Å²) in [7, 11) is 0. The molecule has 3 heterocycles. The van der Waals surface area contributed by atoms with Crippen LogP contribution in [0.1, 0.15) is 57.8 Å². The van der Waals surface area contributed by atoms with Gasteiger partial charge in [0.1, 0.15) is 0 Å². The molecule has 1 aliphatic rings. The van der Waals surface area contributed by atoms with Gasteiger partial charge in [0.2, 0.25) is 0 Å². The number of hydrogen-bond donors (Lipinski definition) is 0. The highest BCUT2D eigenvalue weighted by atomic mass is 16.6. The molecule has 2 aromatic heterocycles. The molecule has 1 atom stereocenters. The molecule has 0 spiro atoms. The molecule has 0 amide bonds. The van der Waals surface area contributed by atoms with Gasteiger partial charge < -0.3 is 4.84 Å². The molecule has 116 valence electrons. The van der Waals surface area contributed by atoms with Gasteiger partial charge >= 0.3 is 0 Å². The fourth-order valence-corrected chi connectivity index (χ4v) is 2.32. The Bertz CT molecular complexity index is 675. The molecule has 0 bridgehead atoms. The SMILES string of the molecule is CC(C)C1=NO[C@H](c2nc(C(C)C)nn2-c2ccccn2)C1. The average molecular weight is 299 g/mol. The van der Waals surface area contributed by atoms with Gasteiger partial charge in [0.05, 0.1) is 5.71 Å². The number of nitrogens with zero attached hydrogens (tertiary/aromatic N) is 5. The lowest BCUT2D eigenvalue weighted by atomic mass is 10.0. The molecule has 0 fully saturated rings. The highest BCUT2D eigenvalue weighted by Gasteiger charge is 2.30. The van der Waals surface area contributed by atoms with Gasteiger partial charge in [0.15, 0.2) is 23.6 Å². The maximum atomic E-state index is 5.61. The van der Waals surface area contributed by atoms with Crippen molar-refractivity contribution in [1.82, 2.24) is 19.7 Å². The Kier molecular flexibility index (Phi) is 3.92. The number of oxime groups is 1. The van der Waals surface area contributed by atoms with Crippen molar-refractivity contribution in [3.8, 4) is 5.82 Å². The van der Waals surface area contributed by atoms with Crippen molar-refractivity contribution in [3.05, 3.63) is 36.0 Å². The van der Waals surface area contributed by atoms with Crippen LogP contribution in [0.25, 0.3) is 5.82 Å². The molecule has 0 N–H and O–H groups in total. The Morgan fingerprint density at radius 2 is 2.00 bits per heavy atom. The molecule has 0 radical (unpaired) electrons. The van der Waals surface area contributed by atoms with Crippen LogP contribution in [0.5, 0.6) is 0 Å². The molecule has 0 aliphatic carbocycles. The number of rotatable bonds is 4. The molecule has 1 aliphatic heterocycles. The van der Waals surface area contributed by atoms with Crippen LogP contribution in [0.4, 0.5) is 0 Å². The van der Waals surface area contributed by atoms with Crippen LogP contribution in [-0.4, -0.2) is 25.5 Å². The molecule has 0 aromatic carbocycles. The third-order valence-electron chi connectivity index (χ3n) is 3.68. The maximum Gasteiger partial charge on any atom is 0.192 e. The molecule has 6 heteroatoms. The Labute approximate surface area is 130 Å². The van der Waals surface area contributed by atoms with E-state index in [0.29, 0.717) is 5.92 Å². The summed E-state index contributed by atoms with van der Waals surface area (Å²) >= 11 is 0. The molecule has 2 aromatic rings. The van der Waals surface area contributed by atoms with E-state index in [0.717, 1.165) is 29.6 Å². The number of pyridine rings is 1. The second-order valence-corrected chi connectivity index (χ2v) is 6.12. The van der Waals surface area contributed by atoms with Crippen LogP contribution < -0.4 is 0 Å². The second kappa shape index (κ2) is 5.87. The van der Waals surface area contributed by atoms with Gasteiger partial charge in [0.25, 0.3) is 0 Å². The highest BCUT2D eigenvalue weighted by molar-refractivity contribution is 5.87. The molecule has 3 rings (SSSR count). The third-order valence-corrected chi connectivity index (χ3v) is 3.68. The van der Waals surface area contributed by atoms with Crippen LogP contribution in [0.15, 0.2) is 29.6 Å². The highest BCUT2D eigenvalue weighted by Crippen LogP contribution is 2.30. The maximum absolute atomic E-state index is 5.61. The van der Waals surface area contributed by atoms with E-state index in [1.54, 1.807) is 10.9 Å². The van der Waals surface area contributed by atoms with E-state index < -0.39 is 0 Å². The first kappa shape index (κ1) is 14.7. The lowest BCUT2D eigenvalue weighted by Crippen LogP contribution is -2.12. The molecular formula is C16H21N5O. The van der Waals surface area contributed by atoms with Crippen molar-refractivity contribution in [3.63, 3.8) is 0 Å². The summed E-state index contributed by atoms with van der Waals surface area (Å²) in [5.41, 5.74) is 1.06. The first-order valence-electron chi connectivity index (χ1n) is 7.67. The minimum atomic E-state index is -0.195. The minimum Gasteiger partial charge on any atom is -0.384 e.